The van der Waals surface area contributed by atoms with Crippen LogP contribution in [0.2, 0.25) is 0 Å². The van der Waals surface area contributed by atoms with Gasteiger partial charge in [0.15, 0.2) is 0 Å². The smallest absolute Gasteiger partial charge is 0.338 e. The molecule has 0 atom stereocenters. The van der Waals surface area contributed by atoms with E-state index in [-0.39, 0.29) is 22.6 Å². The summed E-state index contributed by atoms with van der Waals surface area (Å²) in [6.07, 6.45) is 1.21. The molecule has 27 heavy (non-hydrogen) atoms. The molecule has 0 amide bonds. The van der Waals surface area contributed by atoms with Gasteiger partial charge in [-0.3, -0.25) is 4.31 Å². The van der Waals surface area contributed by atoms with Crippen molar-refractivity contribution >= 4 is 27.6 Å². The first-order chi connectivity index (χ1) is 12.8. The van der Waals surface area contributed by atoms with Crippen molar-refractivity contribution in [2.24, 2.45) is 0 Å². The number of sulfonamides is 1. The second-order valence-electron chi connectivity index (χ2n) is 6.07. The van der Waals surface area contributed by atoms with E-state index in [4.69, 9.17) is 9.84 Å². The van der Waals surface area contributed by atoms with Gasteiger partial charge in [-0.25, -0.2) is 18.0 Å². The van der Waals surface area contributed by atoms with Gasteiger partial charge in [0, 0.05) is 6.54 Å². The van der Waals surface area contributed by atoms with Crippen LogP contribution in [-0.4, -0.2) is 38.6 Å². The monoisotopic (exact) mass is 389 g/mol. The van der Waals surface area contributed by atoms with Gasteiger partial charge in [-0.15, -0.1) is 0 Å². The minimum absolute atomic E-state index is 0.0608. The molecule has 142 valence electrons. The van der Waals surface area contributed by atoms with E-state index in [9.17, 15) is 18.0 Å². The Morgan fingerprint density at radius 1 is 1.11 bits per heavy atom. The molecule has 1 heterocycles. The first kappa shape index (κ1) is 18.9. The van der Waals surface area contributed by atoms with Gasteiger partial charge in [-0.1, -0.05) is 0 Å². The molecule has 0 fully saturated rings. The first-order valence-corrected chi connectivity index (χ1v) is 9.94. The van der Waals surface area contributed by atoms with Crippen LogP contribution in [0.4, 0.5) is 5.69 Å². The lowest BCUT2D eigenvalue weighted by atomic mass is 10.0. The topological polar surface area (TPSA) is 101 Å². The highest BCUT2D eigenvalue weighted by Gasteiger charge is 2.29. The van der Waals surface area contributed by atoms with Crippen molar-refractivity contribution in [3.63, 3.8) is 0 Å². The van der Waals surface area contributed by atoms with Crippen LogP contribution in [0.15, 0.2) is 47.4 Å². The molecule has 0 bridgehead atoms. The zero-order valence-corrected chi connectivity index (χ0v) is 15.5. The predicted molar refractivity (Wildman–Crippen MR) is 98.7 cm³/mol. The van der Waals surface area contributed by atoms with Gasteiger partial charge >= 0.3 is 11.9 Å². The summed E-state index contributed by atoms with van der Waals surface area (Å²) in [6, 6.07) is 10.0. The number of nitrogens with zero attached hydrogens (tertiary/aromatic N) is 1. The second kappa shape index (κ2) is 7.40. The maximum absolute atomic E-state index is 13.1. The quantitative estimate of drug-likeness (QED) is 0.789. The number of carbonyl (C=O) groups excluding carboxylic acids is 1. The number of aromatic carboxylic acids is 1. The van der Waals surface area contributed by atoms with Gasteiger partial charge in [0.05, 0.1) is 28.3 Å². The molecule has 7 nitrogen and oxygen atoms in total. The SMILES string of the molecule is CCOC(=O)c1ccc(S(=O)(=O)N2CCCc3cc(C(=O)O)ccc32)cc1. The van der Waals surface area contributed by atoms with E-state index in [0.717, 1.165) is 0 Å². The van der Waals surface area contributed by atoms with E-state index < -0.39 is 22.0 Å². The molecule has 1 N–H and O–H groups in total. The van der Waals surface area contributed by atoms with Crippen LogP contribution >= 0.6 is 0 Å². The Hall–Kier alpha value is -2.87. The summed E-state index contributed by atoms with van der Waals surface area (Å²) < 4.78 is 32.3. The number of ether oxygens (including phenoxy) is 1. The third-order valence-corrected chi connectivity index (χ3v) is 6.18. The fourth-order valence-corrected chi connectivity index (χ4v) is 4.59. The van der Waals surface area contributed by atoms with E-state index in [1.807, 2.05) is 0 Å². The van der Waals surface area contributed by atoms with E-state index in [0.29, 0.717) is 30.6 Å². The summed E-state index contributed by atoms with van der Waals surface area (Å²) in [5.41, 5.74) is 1.58. The number of fused-ring (bicyclic) bond motifs is 1. The van der Waals surface area contributed by atoms with Crippen LogP contribution in [0, 0.1) is 0 Å². The fourth-order valence-electron chi connectivity index (χ4n) is 3.05. The van der Waals surface area contributed by atoms with E-state index >= 15 is 0 Å². The molecule has 3 rings (SSSR count). The lowest BCUT2D eigenvalue weighted by Crippen LogP contribution is -2.35. The summed E-state index contributed by atoms with van der Waals surface area (Å²) >= 11 is 0. The maximum atomic E-state index is 13.1. The Balaban J connectivity index is 1.95. The van der Waals surface area contributed by atoms with Gasteiger partial charge in [0.2, 0.25) is 0 Å². The Morgan fingerprint density at radius 2 is 1.78 bits per heavy atom. The summed E-state index contributed by atoms with van der Waals surface area (Å²) in [7, 11) is -3.83. The molecule has 1 aliphatic heterocycles. The molecule has 0 radical (unpaired) electrons. The van der Waals surface area contributed by atoms with Crippen LogP contribution in [0.3, 0.4) is 0 Å². The number of anilines is 1. The van der Waals surface area contributed by atoms with E-state index in [2.05, 4.69) is 0 Å². The van der Waals surface area contributed by atoms with E-state index in [1.54, 1.807) is 6.92 Å². The highest BCUT2D eigenvalue weighted by Crippen LogP contribution is 2.32. The number of rotatable bonds is 5. The lowest BCUT2D eigenvalue weighted by Gasteiger charge is -2.30. The van der Waals surface area contributed by atoms with Gasteiger partial charge in [0.25, 0.3) is 10.0 Å². The average molecular weight is 389 g/mol. The average Bonchev–Trinajstić information content (AvgIpc) is 2.67. The van der Waals surface area contributed by atoms with Gasteiger partial charge in [0.1, 0.15) is 0 Å². The van der Waals surface area contributed by atoms with E-state index in [1.165, 1.54) is 46.8 Å². The number of aryl methyl sites for hydroxylation is 1. The highest BCUT2D eigenvalue weighted by atomic mass is 32.2. The minimum atomic E-state index is -3.83. The fraction of sp³-hybridized carbons (Fsp3) is 0.263. The first-order valence-electron chi connectivity index (χ1n) is 8.50. The molecule has 0 saturated carbocycles. The predicted octanol–water partition coefficient (Wildman–Crippen LogP) is 2.70. The van der Waals surface area contributed by atoms with Crippen molar-refractivity contribution in [2.45, 2.75) is 24.7 Å². The molecular formula is C19H19NO6S. The Bertz CT molecular complexity index is 982. The molecule has 0 spiro atoms. The van der Waals surface area contributed by atoms with Crippen molar-refractivity contribution in [2.75, 3.05) is 17.5 Å². The summed E-state index contributed by atoms with van der Waals surface area (Å²) in [5.74, 6) is -1.56. The molecule has 0 saturated heterocycles. The number of hydrogen-bond acceptors (Lipinski definition) is 5. The van der Waals surface area contributed by atoms with Crippen molar-refractivity contribution in [1.29, 1.82) is 0 Å². The molecule has 8 heteroatoms. The third kappa shape index (κ3) is 3.66. The maximum Gasteiger partial charge on any atom is 0.338 e. The molecule has 0 aromatic heterocycles. The number of esters is 1. The zero-order valence-electron chi connectivity index (χ0n) is 14.7. The normalized spacial score (nSPS) is 13.7. The number of benzene rings is 2. The van der Waals surface area contributed by atoms with Crippen molar-refractivity contribution in [3.05, 3.63) is 59.2 Å². The molecule has 1 aliphatic rings. The Labute approximate surface area is 157 Å². The molecule has 0 aliphatic carbocycles. The number of carbonyl (C=O) groups is 2. The van der Waals surface area contributed by atoms with Crippen molar-refractivity contribution in [3.8, 4) is 0 Å². The summed E-state index contributed by atoms with van der Waals surface area (Å²) in [4.78, 5) is 22.9. The summed E-state index contributed by atoms with van der Waals surface area (Å²) in [5, 5.41) is 9.13. The minimum Gasteiger partial charge on any atom is -0.478 e. The third-order valence-electron chi connectivity index (χ3n) is 4.36. The van der Waals surface area contributed by atoms with Gasteiger partial charge < -0.3 is 9.84 Å². The number of carboxylic acids is 1. The van der Waals surface area contributed by atoms with Crippen LogP contribution < -0.4 is 4.31 Å². The molecule has 2 aromatic rings. The van der Waals surface area contributed by atoms with Crippen LogP contribution in [0.5, 0.6) is 0 Å². The van der Waals surface area contributed by atoms with Crippen LogP contribution in [-0.2, 0) is 21.2 Å². The van der Waals surface area contributed by atoms with Gasteiger partial charge in [-0.05, 0) is 67.8 Å². The van der Waals surface area contributed by atoms with Crippen molar-refractivity contribution < 1.29 is 27.9 Å². The zero-order chi connectivity index (χ0) is 19.6. The van der Waals surface area contributed by atoms with Crippen LogP contribution in [0.1, 0.15) is 39.6 Å². The molecule has 2 aromatic carbocycles. The van der Waals surface area contributed by atoms with Gasteiger partial charge in [-0.2, -0.15) is 0 Å². The Morgan fingerprint density at radius 3 is 2.41 bits per heavy atom. The number of carboxylic acid groups (broad SMARTS) is 1. The molecule has 0 unspecified atom stereocenters. The molecular weight excluding hydrogens is 370 g/mol. The second-order valence-corrected chi connectivity index (χ2v) is 7.94. The highest BCUT2D eigenvalue weighted by molar-refractivity contribution is 7.92. The standard InChI is InChI=1S/C19H19NO6S/c1-2-26-19(23)13-5-8-16(9-6-13)27(24,25)20-11-3-4-14-12-15(18(21)22)7-10-17(14)20/h5-10,12H,2-4,11H2,1H3,(H,21,22). The van der Waals surface area contributed by atoms with Crippen molar-refractivity contribution in [1.82, 2.24) is 0 Å². The number of hydrogen-bond donors (Lipinski definition) is 1. The Kier molecular flexibility index (Phi) is 5.18. The lowest BCUT2D eigenvalue weighted by molar-refractivity contribution is 0.0525. The summed E-state index contributed by atoms with van der Waals surface area (Å²) in [6.45, 7) is 2.24. The van der Waals surface area contributed by atoms with Crippen LogP contribution in [0.25, 0.3) is 0 Å². The largest absolute Gasteiger partial charge is 0.478 e.